The number of hydrogen-bond acceptors (Lipinski definition) is 6. The van der Waals surface area contributed by atoms with Crippen molar-refractivity contribution in [1.82, 2.24) is 34.9 Å². The van der Waals surface area contributed by atoms with Crippen molar-refractivity contribution in [3.05, 3.63) is 79.0 Å². The van der Waals surface area contributed by atoms with Gasteiger partial charge >= 0.3 is 0 Å². The molecule has 0 saturated heterocycles. The SMILES string of the molecule is CO[C@H]1CC[C@H](NC(=O)c2cnn3ccc(-c4c[nH]c5nc(-c6ccc7ncccc7c6)ncc45)cc23)CC1. The molecule has 5 heterocycles. The van der Waals surface area contributed by atoms with Crippen molar-refractivity contribution in [1.29, 1.82) is 0 Å². The molecule has 1 aliphatic carbocycles. The van der Waals surface area contributed by atoms with Crippen LogP contribution in [0.25, 0.3) is 50.0 Å². The van der Waals surface area contributed by atoms with Gasteiger partial charge in [-0.25, -0.2) is 14.5 Å². The number of amides is 1. The molecule has 0 unspecified atom stereocenters. The van der Waals surface area contributed by atoms with Crippen LogP contribution in [0.5, 0.6) is 0 Å². The van der Waals surface area contributed by atoms with E-state index in [1.165, 1.54) is 0 Å². The number of ether oxygens (including phenoxy) is 1. The molecule has 1 fully saturated rings. The minimum absolute atomic E-state index is 0.0968. The van der Waals surface area contributed by atoms with Crippen molar-refractivity contribution in [3.8, 4) is 22.5 Å². The maximum atomic E-state index is 13.2. The largest absolute Gasteiger partial charge is 0.381 e. The van der Waals surface area contributed by atoms with Crippen LogP contribution in [0.4, 0.5) is 0 Å². The number of fused-ring (bicyclic) bond motifs is 3. The highest BCUT2D eigenvalue weighted by Crippen LogP contribution is 2.31. The van der Waals surface area contributed by atoms with Crippen molar-refractivity contribution in [3.63, 3.8) is 0 Å². The molecule has 1 amide bonds. The summed E-state index contributed by atoms with van der Waals surface area (Å²) < 4.78 is 7.19. The second-order valence-electron chi connectivity index (χ2n) is 10.1. The van der Waals surface area contributed by atoms with E-state index in [1.54, 1.807) is 24.0 Å². The first-order valence-corrected chi connectivity index (χ1v) is 13.2. The number of aromatic amines is 1. The molecular weight excluding hydrogens is 490 g/mol. The number of nitrogens with zero attached hydrogens (tertiary/aromatic N) is 5. The zero-order valence-electron chi connectivity index (χ0n) is 21.5. The summed E-state index contributed by atoms with van der Waals surface area (Å²) in [5.41, 5.74) is 5.86. The molecule has 7 rings (SSSR count). The molecule has 39 heavy (non-hydrogen) atoms. The molecular formula is C30H27N7O2. The molecule has 0 radical (unpaired) electrons. The third kappa shape index (κ3) is 4.30. The second kappa shape index (κ2) is 9.59. The lowest BCUT2D eigenvalue weighted by molar-refractivity contribution is 0.0599. The van der Waals surface area contributed by atoms with Crippen molar-refractivity contribution >= 4 is 33.4 Å². The predicted molar refractivity (Wildman–Crippen MR) is 149 cm³/mol. The zero-order valence-corrected chi connectivity index (χ0v) is 21.5. The smallest absolute Gasteiger partial charge is 0.255 e. The molecule has 1 saturated carbocycles. The number of carbonyl (C=O) groups excluding carboxylic acids is 1. The first-order chi connectivity index (χ1) is 19.2. The molecule has 0 spiro atoms. The Balaban J connectivity index is 1.18. The summed E-state index contributed by atoms with van der Waals surface area (Å²) >= 11 is 0. The van der Waals surface area contributed by atoms with E-state index in [4.69, 9.17) is 9.72 Å². The Labute approximate surface area is 224 Å². The van der Waals surface area contributed by atoms with Crippen LogP contribution < -0.4 is 5.32 Å². The Bertz CT molecular complexity index is 1830. The van der Waals surface area contributed by atoms with Crippen LogP contribution in [0.1, 0.15) is 36.0 Å². The number of methoxy groups -OCH3 is 1. The maximum Gasteiger partial charge on any atom is 0.255 e. The summed E-state index contributed by atoms with van der Waals surface area (Å²) in [7, 11) is 1.75. The van der Waals surface area contributed by atoms with Crippen LogP contribution in [0, 0.1) is 0 Å². The van der Waals surface area contributed by atoms with Gasteiger partial charge in [0.1, 0.15) is 5.65 Å². The summed E-state index contributed by atoms with van der Waals surface area (Å²) in [4.78, 5) is 30.3. The van der Waals surface area contributed by atoms with Gasteiger partial charge in [0.2, 0.25) is 0 Å². The number of benzene rings is 1. The van der Waals surface area contributed by atoms with Gasteiger partial charge in [0, 0.05) is 59.8 Å². The van der Waals surface area contributed by atoms with Gasteiger partial charge in [-0.1, -0.05) is 6.07 Å². The van der Waals surface area contributed by atoms with Gasteiger partial charge in [-0.15, -0.1) is 0 Å². The lowest BCUT2D eigenvalue weighted by Gasteiger charge is -2.28. The van der Waals surface area contributed by atoms with Gasteiger partial charge in [-0.2, -0.15) is 5.10 Å². The fraction of sp³-hybridized carbons (Fsp3) is 0.233. The Morgan fingerprint density at radius 1 is 1.05 bits per heavy atom. The number of carbonyl (C=O) groups is 1. The number of H-pyrrole nitrogens is 1. The lowest BCUT2D eigenvalue weighted by Crippen LogP contribution is -2.38. The van der Waals surface area contributed by atoms with Crippen LogP contribution in [0.2, 0.25) is 0 Å². The van der Waals surface area contributed by atoms with E-state index < -0.39 is 0 Å². The third-order valence-electron chi connectivity index (χ3n) is 7.71. The normalized spacial score (nSPS) is 17.7. The summed E-state index contributed by atoms with van der Waals surface area (Å²) in [6.07, 6.45) is 13.1. The second-order valence-corrected chi connectivity index (χ2v) is 10.1. The fourth-order valence-electron chi connectivity index (χ4n) is 5.53. The van der Waals surface area contributed by atoms with E-state index in [2.05, 4.69) is 31.4 Å². The zero-order chi connectivity index (χ0) is 26.3. The number of nitrogens with one attached hydrogen (secondary N) is 2. The van der Waals surface area contributed by atoms with E-state index in [1.807, 2.05) is 55.0 Å². The summed E-state index contributed by atoms with van der Waals surface area (Å²) in [5, 5.41) is 9.56. The van der Waals surface area contributed by atoms with Gasteiger partial charge in [0.25, 0.3) is 5.91 Å². The molecule has 1 aromatic carbocycles. The molecule has 9 heteroatoms. The first kappa shape index (κ1) is 23.5. The summed E-state index contributed by atoms with van der Waals surface area (Å²) in [6, 6.07) is 14.1. The molecule has 0 bridgehead atoms. The van der Waals surface area contributed by atoms with Crippen LogP contribution in [0.3, 0.4) is 0 Å². The van der Waals surface area contributed by atoms with Crippen LogP contribution in [-0.2, 0) is 4.74 Å². The summed E-state index contributed by atoms with van der Waals surface area (Å²) in [6.45, 7) is 0. The van der Waals surface area contributed by atoms with Gasteiger partial charge < -0.3 is 15.0 Å². The van der Waals surface area contributed by atoms with Crippen molar-refractivity contribution < 1.29 is 9.53 Å². The number of hydrogen-bond donors (Lipinski definition) is 2. The standard InChI is InChI=1S/C30H27N7O2/c1-39-22-7-5-21(6-8-22)35-30(38)25-17-34-37-12-10-18(14-27(25)37)23-15-33-29-24(23)16-32-28(36-29)20-4-9-26-19(13-20)3-2-11-31-26/h2-4,9-17,21-22H,5-8H2,1H3,(H,35,38)(H,32,33,36)/t21-,22-. The Kier molecular flexibility index (Phi) is 5.78. The van der Waals surface area contributed by atoms with E-state index in [-0.39, 0.29) is 11.9 Å². The van der Waals surface area contributed by atoms with Gasteiger partial charge in [-0.05, 0) is 67.6 Å². The molecule has 2 N–H and O–H groups in total. The monoisotopic (exact) mass is 517 g/mol. The molecule has 194 valence electrons. The highest BCUT2D eigenvalue weighted by atomic mass is 16.5. The van der Waals surface area contributed by atoms with E-state index >= 15 is 0 Å². The minimum Gasteiger partial charge on any atom is -0.381 e. The molecule has 0 atom stereocenters. The average Bonchev–Trinajstić information content (AvgIpc) is 3.61. The van der Waals surface area contributed by atoms with E-state index in [9.17, 15) is 4.79 Å². The van der Waals surface area contributed by atoms with E-state index in [0.29, 0.717) is 17.5 Å². The predicted octanol–water partition coefficient (Wildman–Crippen LogP) is 5.18. The van der Waals surface area contributed by atoms with Crippen molar-refractivity contribution in [2.45, 2.75) is 37.8 Å². The Hall–Kier alpha value is -4.63. The van der Waals surface area contributed by atoms with Crippen LogP contribution in [0.15, 0.2) is 73.4 Å². The summed E-state index contributed by atoms with van der Waals surface area (Å²) in [5.74, 6) is 0.548. The highest BCUT2D eigenvalue weighted by Gasteiger charge is 2.24. The van der Waals surface area contributed by atoms with Gasteiger partial charge in [-0.3, -0.25) is 9.78 Å². The van der Waals surface area contributed by atoms with E-state index in [0.717, 1.165) is 69.8 Å². The van der Waals surface area contributed by atoms with Crippen LogP contribution >= 0.6 is 0 Å². The molecule has 9 nitrogen and oxygen atoms in total. The quantitative estimate of drug-likeness (QED) is 0.326. The molecule has 5 aromatic heterocycles. The first-order valence-electron chi connectivity index (χ1n) is 13.2. The van der Waals surface area contributed by atoms with Crippen molar-refractivity contribution in [2.75, 3.05) is 7.11 Å². The number of aromatic nitrogens is 6. The topological polar surface area (TPSA) is 110 Å². The van der Waals surface area contributed by atoms with Gasteiger partial charge in [0.15, 0.2) is 5.82 Å². The maximum absolute atomic E-state index is 13.2. The Morgan fingerprint density at radius 3 is 2.82 bits per heavy atom. The van der Waals surface area contributed by atoms with Crippen LogP contribution in [-0.4, -0.2) is 54.7 Å². The van der Waals surface area contributed by atoms with Crippen molar-refractivity contribution in [2.24, 2.45) is 0 Å². The Morgan fingerprint density at radius 2 is 1.95 bits per heavy atom. The molecule has 0 aliphatic heterocycles. The molecule has 1 aliphatic rings. The minimum atomic E-state index is -0.0968. The average molecular weight is 518 g/mol. The fourth-order valence-corrected chi connectivity index (χ4v) is 5.53. The van der Waals surface area contributed by atoms with Gasteiger partial charge in [0.05, 0.1) is 28.9 Å². The number of pyridine rings is 2. The third-order valence-corrected chi connectivity index (χ3v) is 7.71. The highest BCUT2D eigenvalue weighted by molar-refractivity contribution is 6.02. The molecule has 6 aromatic rings. The lowest BCUT2D eigenvalue weighted by atomic mass is 9.93. The number of rotatable bonds is 5.